The second kappa shape index (κ2) is 15.4. The monoisotopic (exact) mass is 586 g/mol. The number of aromatic amines is 2. The molecule has 1 aromatic carbocycles. The van der Waals surface area contributed by atoms with Crippen LogP contribution >= 0.6 is 11.8 Å². The van der Waals surface area contributed by atoms with Crippen molar-refractivity contribution in [3.63, 3.8) is 0 Å². The lowest BCUT2D eigenvalue weighted by atomic mass is 10.0. The molecule has 220 valence electrons. The van der Waals surface area contributed by atoms with Gasteiger partial charge in [0.25, 0.3) is 0 Å². The number of phenols is 1. The molecule has 0 fully saturated rings. The Morgan fingerprint density at radius 3 is 1.98 bits per heavy atom. The number of H-pyrrole nitrogens is 2. The van der Waals surface area contributed by atoms with Crippen LogP contribution in [0.2, 0.25) is 0 Å². The van der Waals surface area contributed by atoms with Crippen molar-refractivity contribution in [3.8, 4) is 5.75 Å². The molecule has 4 atom stereocenters. The third kappa shape index (κ3) is 9.95. The number of carboxylic acids is 1. The molecule has 3 rings (SSSR count). The maximum absolute atomic E-state index is 13.4. The van der Waals surface area contributed by atoms with Crippen LogP contribution in [-0.4, -0.2) is 90.0 Å². The van der Waals surface area contributed by atoms with Gasteiger partial charge in [-0.05, 0) is 36.1 Å². The fraction of sp³-hybridized carbons (Fsp3) is 0.385. The molecule has 2 aromatic heterocycles. The van der Waals surface area contributed by atoms with Crippen LogP contribution in [0, 0.1) is 0 Å². The molecule has 0 saturated carbocycles. The summed E-state index contributed by atoms with van der Waals surface area (Å²) < 4.78 is 0. The number of hydrogen-bond donors (Lipinski definition) is 8. The van der Waals surface area contributed by atoms with Crippen molar-refractivity contribution in [2.75, 3.05) is 12.0 Å². The predicted molar refractivity (Wildman–Crippen MR) is 151 cm³/mol. The Kier molecular flexibility index (Phi) is 11.7. The minimum Gasteiger partial charge on any atom is -0.508 e. The van der Waals surface area contributed by atoms with E-state index in [4.69, 9.17) is 5.73 Å². The molecule has 9 N–H and O–H groups in total. The van der Waals surface area contributed by atoms with E-state index in [0.717, 1.165) is 0 Å². The van der Waals surface area contributed by atoms with Crippen LogP contribution in [0.5, 0.6) is 5.75 Å². The van der Waals surface area contributed by atoms with E-state index in [2.05, 4.69) is 35.9 Å². The molecule has 0 radical (unpaired) electrons. The van der Waals surface area contributed by atoms with E-state index < -0.39 is 47.9 Å². The first kappa shape index (κ1) is 31.2. The molecule has 3 aromatic rings. The maximum Gasteiger partial charge on any atom is 0.326 e. The SMILES string of the molecule is CSCCC(NC(=O)C(N)Cc1cnc[nH]1)C(=O)NC(Cc1ccc(O)cc1)C(=O)NC(Cc1cnc[nH]1)C(=O)O. The van der Waals surface area contributed by atoms with E-state index in [1.807, 2.05) is 6.26 Å². The maximum atomic E-state index is 13.4. The number of phenolic OH excluding ortho intramolecular Hbond substituents is 1. The van der Waals surface area contributed by atoms with Gasteiger partial charge in [0.15, 0.2) is 0 Å². The number of rotatable bonds is 16. The number of carbonyl (C=O) groups is 4. The van der Waals surface area contributed by atoms with Gasteiger partial charge in [0.2, 0.25) is 17.7 Å². The van der Waals surface area contributed by atoms with E-state index >= 15 is 0 Å². The second-order valence-electron chi connectivity index (χ2n) is 9.34. The molecule has 0 aliphatic heterocycles. The Balaban J connectivity index is 1.76. The van der Waals surface area contributed by atoms with Crippen LogP contribution in [0.25, 0.3) is 0 Å². The van der Waals surface area contributed by atoms with E-state index in [1.165, 1.54) is 42.7 Å². The molecule has 2 heterocycles. The van der Waals surface area contributed by atoms with Gasteiger partial charge in [0.05, 0.1) is 18.7 Å². The van der Waals surface area contributed by atoms with E-state index in [-0.39, 0.29) is 31.4 Å². The molecule has 0 bridgehead atoms. The Morgan fingerprint density at radius 2 is 1.41 bits per heavy atom. The zero-order valence-corrected chi connectivity index (χ0v) is 23.2. The highest BCUT2D eigenvalue weighted by Crippen LogP contribution is 2.13. The summed E-state index contributed by atoms with van der Waals surface area (Å²) in [4.78, 5) is 64.9. The van der Waals surface area contributed by atoms with Crippen LogP contribution in [0.15, 0.2) is 49.3 Å². The number of nitrogens with two attached hydrogens (primary N) is 1. The van der Waals surface area contributed by atoms with Crippen LogP contribution in [0.1, 0.15) is 23.4 Å². The Hall–Kier alpha value is -4.37. The lowest BCUT2D eigenvalue weighted by Crippen LogP contribution is -2.58. The van der Waals surface area contributed by atoms with Crippen LogP contribution < -0.4 is 21.7 Å². The van der Waals surface area contributed by atoms with Crippen LogP contribution in [0.4, 0.5) is 0 Å². The molecule has 14 nitrogen and oxygen atoms in total. The molecule has 0 aliphatic rings. The van der Waals surface area contributed by atoms with Gasteiger partial charge in [0, 0.05) is 43.0 Å². The molecule has 41 heavy (non-hydrogen) atoms. The molecule has 3 amide bonds. The van der Waals surface area contributed by atoms with Gasteiger partial charge in [-0.2, -0.15) is 11.8 Å². The first-order valence-corrected chi connectivity index (χ1v) is 14.2. The van der Waals surface area contributed by atoms with Crippen molar-refractivity contribution in [1.82, 2.24) is 35.9 Å². The lowest BCUT2D eigenvalue weighted by Gasteiger charge is -2.25. The molecule has 0 spiro atoms. The second-order valence-corrected chi connectivity index (χ2v) is 10.3. The number of aliphatic carboxylic acids is 1. The number of nitrogens with zero attached hydrogens (tertiary/aromatic N) is 2. The van der Waals surface area contributed by atoms with E-state index in [9.17, 15) is 29.4 Å². The highest BCUT2D eigenvalue weighted by molar-refractivity contribution is 7.98. The van der Waals surface area contributed by atoms with Crippen molar-refractivity contribution < 1.29 is 29.4 Å². The number of aromatic nitrogens is 4. The normalized spacial score (nSPS) is 13.9. The van der Waals surface area contributed by atoms with Crippen molar-refractivity contribution in [3.05, 3.63) is 66.3 Å². The highest BCUT2D eigenvalue weighted by Gasteiger charge is 2.31. The fourth-order valence-corrected chi connectivity index (χ4v) is 4.42. The van der Waals surface area contributed by atoms with Gasteiger partial charge in [0.1, 0.15) is 23.9 Å². The largest absolute Gasteiger partial charge is 0.508 e. The van der Waals surface area contributed by atoms with E-state index in [1.54, 1.807) is 18.3 Å². The van der Waals surface area contributed by atoms with Gasteiger partial charge >= 0.3 is 5.97 Å². The summed E-state index contributed by atoms with van der Waals surface area (Å²) in [6.07, 6.45) is 8.11. The molecule has 0 saturated heterocycles. The number of imidazole rings is 2. The Bertz CT molecular complexity index is 1270. The Labute approximate surface area is 240 Å². The molecular formula is C26H34N8O6S. The number of aromatic hydroxyl groups is 1. The minimum atomic E-state index is -1.30. The molecule has 15 heteroatoms. The predicted octanol–water partition coefficient (Wildman–Crippen LogP) is -0.514. The summed E-state index contributed by atoms with van der Waals surface area (Å²) in [5, 5.41) is 27.2. The van der Waals surface area contributed by atoms with Gasteiger partial charge in [-0.15, -0.1) is 0 Å². The van der Waals surface area contributed by atoms with Crippen molar-refractivity contribution in [2.24, 2.45) is 5.73 Å². The number of carboxylic acid groups (broad SMARTS) is 1. The standard InChI is InChI=1S/C26H34N8O6S/c1-41-7-6-20(32-23(36)19(27)9-16-11-28-13-30-16)24(37)33-21(8-15-2-4-18(35)5-3-15)25(38)34-22(26(39)40)10-17-12-29-14-31-17/h2-5,11-14,19-22,35H,6-10,27H2,1H3,(H,28,30)(H,29,31)(H,32,36)(H,33,37)(H,34,38)(H,39,40). The number of nitrogens with one attached hydrogen (secondary N) is 5. The highest BCUT2D eigenvalue weighted by atomic mass is 32.2. The van der Waals surface area contributed by atoms with Crippen molar-refractivity contribution in [1.29, 1.82) is 0 Å². The zero-order chi connectivity index (χ0) is 29.8. The lowest BCUT2D eigenvalue weighted by molar-refractivity contribution is -0.142. The first-order valence-electron chi connectivity index (χ1n) is 12.8. The molecular weight excluding hydrogens is 552 g/mol. The third-order valence-electron chi connectivity index (χ3n) is 6.18. The van der Waals surface area contributed by atoms with Gasteiger partial charge in [-0.25, -0.2) is 14.8 Å². The first-order chi connectivity index (χ1) is 19.7. The zero-order valence-electron chi connectivity index (χ0n) is 22.4. The third-order valence-corrected chi connectivity index (χ3v) is 6.82. The smallest absolute Gasteiger partial charge is 0.326 e. The topological polar surface area (TPSA) is 228 Å². The summed E-state index contributed by atoms with van der Waals surface area (Å²) in [7, 11) is 0. The summed E-state index contributed by atoms with van der Waals surface area (Å²) in [5.74, 6) is -2.61. The number of hydrogen-bond acceptors (Lipinski definition) is 9. The molecule has 0 aliphatic carbocycles. The summed E-state index contributed by atoms with van der Waals surface area (Å²) >= 11 is 1.48. The minimum absolute atomic E-state index is 0.00319. The average molecular weight is 587 g/mol. The summed E-state index contributed by atoms with van der Waals surface area (Å²) in [6, 6.07) is 1.61. The quantitative estimate of drug-likeness (QED) is 0.107. The van der Waals surface area contributed by atoms with Crippen LogP contribution in [-0.2, 0) is 38.4 Å². The van der Waals surface area contributed by atoms with Gasteiger partial charge in [-0.1, -0.05) is 12.1 Å². The van der Waals surface area contributed by atoms with Crippen molar-refractivity contribution >= 4 is 35.5 Å². The summed E-state index contributed by atoms with van der Waals surface area (Å²) in [6.45, 7) is 0. The number of amides is 3. The van der Waals surface area contributed by atoms with Crippen LogP contribution in [0.3, 0.4) is 0 Å². The average Bonchev–Trinajstić information content (AvgIpc) is 3.65. The number of thioether (sulfide) groups is 1. The Morgan fingerprint density at radius 1 is 0.854 bits per heavy atom. The van der Waals surface area contributed by atoms with E-state index in [0.29, 0.717) is 22.7 Å². The fourth-order valence-electron chi connectivity index (χ4n) is 3.95. The van der Waals surface area contributed by atoms with Gasteiger partial charge in [-0.3, -0.25) is 14.4 Å². The van der Waals surface area contributed by atoms with Crippen molar-refractivity contribution in [2.45, 2.75) is 49.9 Å². The summed E-state index contributed by atoms with van der Waals surface area (Å²) in [5.41, 5.74) is 7.81. The van der Waals surface area contributed by atoms with Gasteiger partial charge < -0.3 is 41.9 Å². The molecule has 4 unspecified atom stereocenters. The number of carbonyl (C=O) groups excluding carboxylic acids is 3. The number of benzene rings is 1.